The molecule has 5 spiro atoms. The van der Waals surface area contributed by atoms with Crippen LogP contribution in [0.25, 0.3) is 0 Å². The molecule has 8 fully saturated rings. The molecule has 13 rings (SSSR count). The zero-order chi connectivity index (χ0) is 34.6. The standard InChI is InChI=1S/C42H46N4O6/c1-50-33(48)25-20-38-13-17-51-36(38)37(22-45-15-11-40(34(38)45)26-6-2-4-8-28(26)43-32(25)40)18-24-19-39-21-31(47)52-30(39)10-14-44-16-12-41(35(39)44)27-7-3-5-9-29(27)46(23-37)42(24,41)49/h2-9,24,30,34-36,43,49H,10-23H2,1H3/t24-,30+,34+,35+,36+,37-,38+,39+,40+,41-,42-/m1/s1. The fourth-order valence-electron chi connectivity index (χ4n) is 16.5. The monoisotopic (exact) mass is 702 g/mol. The third-order valence-electron chi connectivity index (χ3n) is 17.3. The summed E-state index contributed by atoms with van der Waals surface area (Å²) in [6.45, 7) is 5.03. The van der Waals surface area contributed by atoms with Crippen LogP contribution in [-0.4, -0.2) is 103 Å². The Morgan fingerprint density at radius 2 is 1.75 bits per heavy atom. The number of ether oxygens (including phenoxy) is 3. The normalized spacial score (nSPS) is 48.2. The molecule has 52 heavy (non-hydrogen) atoms. The van der Waals surface area contributed by atoms with Crippen molar-refractivity contribution in [2.75, 3.05) is 56.7 Å². The smallest absolute Gasteiger partial charge is 0.335 e. The average molecular weight is 703 g/mol. The van der Waals surface area contributed by atoms with Crippen LogP contribution in [0.1, 0.15) is 62.5 Å². The lowest BCUT2D eigenvalue weighted by Crippen LogP contribution is -2.81. The van der Waals surface area contributed by atoms with Gasteiger partial charge in [0.1, 0.15) is 6.10 Å². The Bertz CT molecular complexity index is 2070. The van der Waals surface area contributed by atoms with Gasteiger partial charge in [-0.05, 0) is 81.3 Å². The lowest BCUT2D eigenvalue weighted by atomic mass is 9.43. The average Bonchev–Trinajstić information content (AvgIpc) is 3.99. The van der Waals surface area contributed by atoms with Gasteiger partial charge in [0, 0.05) is 77.6 Å². The minimum absolute atomic E-state index is 0.0642. The van der Waals surface area contributed by atoms with E-state index in [1.807, 2.05) is 0 Å². The van der Waals surface area contributed by atoms with Crippen molar-refractivity contribution in [3.8, 4) is 0 Å². The minimum atomic E-state index is -1.07. The number of methoxy groups -OCH3 is 1. The molecule has 270 valence electrons. The summed E-state index contributed by atoms with van der Waals surface area (Å²) < 4.78 is 19.0. The molecule has 2 aliphatic carbocycles. The summed E-state index contributed by atoms with van der Waals surface area (Å²) >= 11 is 0. The molecule has 0 radical (unpaired) electrons. The summed E-state index contributed by atoms with van der Waals surface area (Å²) in [6, 6.07) is 17.7. The van der Waals surface area contributed by atoms with Crippen LogP contribution in [-0.2, 0) is 34.6 Å². The van der Waals surface area contributed by atoms with Crippen LogP contribution in [0.3, 0.4) is 0 Å². The molecule has 9 aliphatic heterocycles. The third-order valence-corrected chi connectivity index (χ3v) is 17.3. The van der Waals surface area contributed by atoms with E-state index in [0.717, 1.165) is 87.3 Å². The number of aliphatic hydroxyl groups is 1. The number of nitrogens with zero attached hydrogens (tertiary/aromatic N) is 3. The molecule has 10 heteroatoms. The quantitative estimate of drug-likeness (QED) is 0.428. The third kappa shape index (κ3) is 2.87. The Labute approximate surface area is 303 Å². The number of carbonyl (C=O) groups is 2. The zero-order valence-electron chi connectivity index (χ0n) is 29.7. The maximum absolute atomic E-state index is 13.9. The van der Waals surface area contributed by atoms with E-state index in [1.165, 1.54) is 18.2 Å². The first-order valence-electron chi connectivity index (χ1n) is 19.8. The molecule has 0 aromatic heterocycles. The summed E-state index contributed by atoms with van der Waals surface area (Å²) in [5.74, 6) is -0.380. The van der Waals surface area contributed by atoms with E-state index in [4.69, 9.17) is 14.2 Å². The molecule has 0 unspecified atom stereocenters. The van der Waals surface area contributed by atoms with Crippen molar-refractivity contribution >= 4 is 23.3 Å². The maximum Gasteiger partial charge on any atom is 0.335 e. The maximum atomic E-state index is 13.9. The topological polar surface area (TPSA) is 104 Å². The Hall–Kier alpha value is -3.44. The highest BCUT2D eigenvalue weighted by Gasteiger charge is 2.83. The number of fused-ring (bicyclic) bond motifs is 4. The summed E-state index contributed by atoms with van der Waals surface area (Å²) in [4.78, 5) is 35.1. The Morgan fingerprint density at radius 3 is 2.63 bits per heavy atom. The number of esters is 2. The van der Waals surface area contributed by atoms with Crippen LogP contribution in [0.5, 0.6) is 0 Å². The molecule has 2 aromatic rings. The van der Waals surface area contributed by atoms with E-state index in [0.29, 0.717) is 26.0 Å². The van der Waals surface area contributed by atoms with Crippen molar-refractivity contribution in [1.82, 2.24) is 9.80 Å². The molecular weight excluding hydrogens is 656 g/mol. The van der Waals surface area contributed by atoms with Crippen molar-refractivity contribution in [3.05, 3.63) is 70.9 Å². The van der Waals surface area contributed by atoms with E-state index in [-0.39, 0.29) is 63.8 Å². The molecule has 0 bridgehead atoms. The van der Waals surface area contributed by atoms with Crippen LogP contribution in [0.15, 0.2) is 59.8 Å². The molecule has 2 aromatic carbocycles. The molecule has 11 aliphatic rings. The molecule has 9 heterocycles. The predicted molar refractivity (Wildman–Crippen MR) is 189 cm³/mol. The number of piperidine rings is 3. The Morgan fingerprint density at radius 1 is 0.923 bits per heavy atom. The highest BCUT2D eigenvalue weighted by atomic mass is 16.6. The van der Waals surface area contributed by atoms with Crippen LogP contribution in [0.4, 0.5) is 11.4 Å². The zero-order valence-corrected chi connectivity index (χ0v) is 29.7. The van der Waals surface area contributed by atoms with Gasteiger partial charge in [0.15, 0.2) is 5.72 Å². The van der Waals surface area contributed by atoms with Gasteiger partial charge in [0.25, 0.3) is 0 Å². The van der Waals surface area contributed by atoms with Crippen molar-refractivity contribution < 1.29 is 28.9 Å². The first kappa shape index (κ1) is 29.9. The number of carbonyl (C=O) groups excluding carboxylic acids is 2. The molecule has 1 saturated carbocycles. The summed E-state index contributed by atoms with van der Waals surface area (Å²) in [6.07, 6.45) is 6.02. The van der Waals surface area contributed by atoms with Gasteiger partial charge in [0.05, 0.1) is 36.0 Å². The summed E-state index contributed by atoms with van der Waals surface area (Å²) in [5, 5.41) is 17.6. The second-order valence-electron chi connectivity index (χ2n) is 18.7. The fourth-order valence-corrected chi connectivity index (χ4v) is 16.5. The SMILES string of the molecule is COC(=O)C1=C2Nc3ccccc3[C@@]23CCN2C[C@@]4(C[C@@H]5C[C@]67CC(=O)O[C@H]6CCN6CC[C@@]8(c9ccccc9N(C4)[C@@]58O)[C@@H]67)[C@@H]4OCC[C@]4(C1)[C@H]23. The van der Waals surface area contributed by atoms with Gasteiger partial charge in [-0.1, -0.05) is 36.4 Å². The Balaban J connectivity index is 1.01. The van der Waals surface area contributed by atoms with Gasteiger partial charge >= 0.3 is 11.9 Å². The first-order chi connectivity index (χ1) is 25.3. The minimum Gasteiger partial charge on any atom is -0.466 e. The number of nitrogens with one attached hydrogen (secondary N) is 1. The van der Waals surface area contributed by atoms with Crippen LogP contribution in [0.2, 0.25) is 0 Å². The molecular formula is C42H46N4O6. The van der Waals surface area contributed by atoms with Gasteiger partial charge in [-0.2, -0.15) is 0 Å². The largest absolute Gasteiger partial charge is 0.466 e. The predicted octanol–water partition coefficient (Wildman–Crippen LogP) is 3.68. The summed E-state index contributed by atoms with van der Waals surface area (Å²) in [5.41, 5.74) is 3.82. The van der Waals surface area contributed by atoms with Gasteiger partial charge in [-0.15, -0.1) is 0 Å². The molecule has 7 saturated heterocycles. The van der Waals surface area contributed by atoms with Crippen molar-refractivity contribution in [2.24, 2.45) is 22.2 Å². The van der Waals surface area contributed by atoms with Crippen LogP contribution < -0.4 is 10.2 Å². The number of benzene rings is 2. The van der Waals surface area contributed by atoms with Crippen molar-refractivity contribution in [3.63, 3.8) is 0 Å². The van der Waals surface area contributed by atoms with E-state index < -0.39 is 11.1 Å². The van der Waals surface area contributed by atoms with Gasteiger partial charge in [-0.25, -0.2) is 4.79 Å². The van der Waals surface area contributed by atoms with Crippen LogP contribution >= 0.6 is 0 Å². The fraction of sp³-hybridized carbons (Fsp3) is 0.619. The van der Waals surface area contributed by atoms with E-state index in [2.05, 4.69) is 68.5 Å². The highest BCUT2D eigenvalue weighted by Crippen LogP contribution is 2.76. The van der Waals surface area contributed by atoms with E-state index in [9.17, 15) is 14.7 Å². The van der Waals surface area contributed by atoms with Gasteiger partial charge < -0.3 is 29.5 Å². The number of hydrogen-bond acceptors (Lipinski definition) is 10. The highest BCUT2D eigenvalue weighted by molar-refractivity contribution is 5.93. The summed E-state index contributed by atoms with van der Waals surface area (Å²) in [7, 11) is 1.51. The number of para-hydroxylation sites is 2. The molecule has 10 nitrogen and oxygen atoms in total. The number of anilines is 2. The lowest BCUT2D eigenvalue weighted by molar-refractivity contribution is -0.232. The Kier molecular flexibility index (Phi) is 5.23. The second kappa shape index (κ2) is 9.08. The molecule has 0 amide bonds. The first-order valence-corrected chi connectivity index (χ1v) is 19.8. The number of rotatable bonds is 1. The van der Waals surface area contributed by atoms with E-state index in [1.54, 1.807) is 0 Å². The lowest BCUT2D eigenvalue weighted by Gasteiger charge is -2.70. The van der Waals surface area contributed by atoms with Crippen molar-refractivity contribution in [1.29, 1.82) is 0 Å². The van der Waals surface area contributed by atoms with E-state index >= 15 is 0 Å². The van der Waals surface area contributed by atoms with Crippen LogP contribution in [0, 0.1) is 22.2 Å². The molecule has 11 atom stereocenters. The van der Waals surface area contributed by atoms with Gasteiger partial charge in [0.2, 0.25) is 0 Å². The second-order valence-corrected chi connectivity index (χ2v) is 18.7. The van der Waals surface area contributed by atoms with Gasteiger partial charge in [-0.3, -0.25) is 14.6 Å². The number of hydrogen-bond donors (Lipinski definition) is 2. The van der Waals surface area contributed by atoms with Crippen molar-refractivity contribution in [2.45, 2.75) is 92.2 Å². The molecule has 2 N–H and O–H groups in total.